The maximum Gasteiger partial charge on any atom is 0.0725 e. The maximum atomic E-state index is 3.90. The average molecular weight is 562 g/mol. The summed E-state index contributed by atoms with van der Waals surface area (Å²) < 4.78 is 0. The van der Waals surface area contributed by atoms with E-state index >= 15 is 0 Å². The molecule has 1 spiro atoms. The summed E-state index contributed by atoms with van der Waals surface area (Å²) in [4.78, 5) is 0. The summed E-state index contributed by atoms with van der Waals surface area (Å²) in [6.07, 6.45) is 7.87. The minimum Gasteiger partial charge on any atom is -0.378 e. The molecule has 3 aliphatic rings. The van der Waals surface area contributed by atoms with Crippen LogP contribution in [0, 0.1) is 0 Å². The lowest BCUT2D eigenvalue weighted by Crippen LogP contribution is -2.25. The first kappa shape index (κ1) is 25.1. The van der Waals surface area contributed by atoms with Gasteiger partial charge in [-0.3, -0.25) is 0 Å². The van der Waals surface area contributed by atoms with Crippen LogP contribution in [0.4, 0.5) is 5.69 Å². The summed E-state index contributed by atoms with van der Waals surface area (Å²) in [5, 5.41) is 3.90. The van der Waals surface area contributed by atoms with E-state index in [0.29, 0.717) is 0 Å². The van der Waals surface area contributed by atoms with Crippen molar-refractivity contribution >= 4 is 11.3 Å². The van der Waals surface area contributed by atoms with Gasteiger partial charge in [-0.25, -0.2) is 0 Å². The molecule has 1 heteroatoms. The Hall–Kier alpha value is -5.40. The van der Waals surface area contributed by atoms with Crippen LogP contribution in [-0.4, -0.2) is 6.04 Å². The van der Waals surface area contributed by atoms with Crippen LogP contribution in [0.2, 0.25) is 0 Å². The molecule has 0 aliphatic heterocycles. The van der Waals surface area contributed by atoms with Gasteiger partial charge in [0.15, 0.2) is 0 Å². The number of hydrogen-bond acceptors (Lipinski definition) is 1. The molecule has 1 N–H and O–H groups in total. The number of rotatable bonds is 4. The number of benzene rings is 6. The summed E-state index contributed by atoms with van der Waals surface area (Å²) in [5.74, 6) is 0. The summed E-state index contributed by atoms with van der Waals surface area (Å²) in [7, 11) is 0. The lowest BCUT2D eigenvalue weighted by molar-refractivity contribution is 0.794. The van der Waals surface area contributed by atoms with Crippen LogP contribution in [-0.2, 0) is 5.41 Å². The van der Waals surface area contributed by atoms with Crippen LogP contribution in [0.1, 0.15) is 34.2 Å². The van der Waals surface area contributed by atoms with E-state index in [1.807, 2.05) is 0 Å². The van der Waals surface area contributed by atoms with Crippen LogP contribution in [0.5, 0.6) is 0 Å². The highest BCUT2D eigenvalue weighted by Gasteiger charge is 2.51. The lowest BCUT2D eigenvalue weighted by Gasteiger charge is -2.30. The highest BCUT2D eigenvalue weighted by Crippen LogP contribution is 2.64. The van der Waals surface area contributed by atoms with Crippen molar-refractivity contribution in [2.75, 3.05) is 5.32 Å². The molecule has 0 amide bonds. The van der Waals surface area contributed by atoms with Gasteiger partial charge in [0.1, 0.15) is 0 Å². The monoisotopic (exact) mass is 561 g/mol. The maximum absolute atomic E-state index is 3.90. The van der Waals surface area contributed by atoms with Gasteiger partial charge in [-0.2, -0.15) is 0 Å². The van der Waals surface area contributed by atoms with Gasteiger partial charge in [-0.05, 0) is 73.7 Å². The molecule has 3 aliphatic carbocycles. The third kappa shape index (κ3) is 3.53. The number of hydrogen-bond donors (Lipinski definition) is 1. The van der Waals surface area contributed by atoms with Gasteiger partial charge in [0.2, 0.25) is 0 Å². The average Bonchev–Trinajstić information content (AvgIpc) is 3.57. The fourth-order valence-corrected chi connectivity index (χ4v) is 7.98. The molecule has 0 aromatic heterocycles. The van der Waals surface area contributed by atoms with Crippen LogP contribution in [0.3, 0.4) is 0 Å². The molecule has 1 unspecified atom stereocenters. The van der Waals surface area contributed by atoms with Crippen molar-refractivity contribution in [3.05, 3.63) is 192 Å². The Morgan fingerprint density at radius 1 is 0.477 bits per heavy atom. The Labute approximate surface area is 258 Å². The molecule has 1 atom stereocenters. The first-order chi connectivity index (χ1) is 21.8. The van der Waals surface area contributed by atoms with E-state index < -0.39 is 0 Å². The zero-order valence-corrected chi connectivity index (χ0v) is 24.4. The summed E-state index contributed by atoms with van der Waals surface area (Å²) in [6, 6.07) is 53.7. The molecule has 0 radical (unpaired) electrons. The van der Waals surface area contributed by atoms with Crippen molar-refractivity contribution in [2.24, 2.45) is 0 Å². The molecule has 9 rings (SSSR count). The Morgan fingerprint density at radius 2 is 1.02 bits per heavy atom. The highest BCUT2D eigenvalue weighted by atomic mass is 14.9. The third-order valence-electron chi connectivity index (χ3n) is 9.79. The van der Waals surface area contributed by atoms with Crippen LogP contribution in [0.25, 0.3) is 39.0 Å². The largest absolute Gasteiger partial charge is 0.378 e. The Balaban J connectivity index is 1.19. The summed E-state index contributed by atoms with van der Waals surface area (Å²) in [6.45, 7) is 0. The van der Waals surface area contributed by atoms with E-state index in [2.05, 4.69) is 169 Å². The molecule has 0 saturated carbocycles. The van der Waals surface area contributed by atoms with Crippen molar-refractivity contribution in [3.63, 3.8) is 0 Å². The van der Waals surface area contributed by atoms with Gasteiger partial charge in [0, 0.05) is 17.3 Å². The molecular formula is C43H31N. The number of fused-ring (bicyclic) bond motifs is 10. The zero-order chi connectivity index (χ0) is 29.1. The highest BCUT2D eigenvalue weighted by molar-refractivity contribution is 6.01. The first-order valence-corrected chi connectivity index (χ1v) is 15.6. The quantitative estimate of drug-likeness (QED) is 0.225. The molecule has 208 valence electrons. The van der Waals surface area contributed by atoms with Crippen molar-refractivity contribution in [1.82, 2.24) is 0 Å². The number of anilines is 1. The second kappa shape index (κ2) is 9.82. The predicted molar refractivity (Wildman–Crippen MR) is 184 cm³/mol. The van der Waals surface area contributed by atoms with Crippen LogP contribution < -0.4 is 5.32 Å². The van der Waals surface area contributed by atoms with Crippen LogP contribution in [0.15, 0.2) is 164 Å². The van der Waals surface area contributed by atoms with Crippen molar-refractivity contribution < 1.29 is 0 Å². The van der Waals surface area contributed by atoms with Crippen molar-refractivity contribution in [2.45, 2.75) is 17.9 Å². The molecule has 1 nitrogen and oxygen atoms in total. The smallest absolute Gasteiger partial charge is 0.0725 e. The molecule has 44 heavy (non-hydrogen) atoms. The number of para-hydroxylation sites is 1. The van der Waals surface area contributed by atoms with E-state index in [1.165, 1.54) is 66.8 Å². The Morgan fingerprint density at radius 3 is 1.70 bits per heavy atom. The first-order valence-electron chi connectivity index (χ1n) is 15.6. The standard InChI is InChI=1S/C43H31N/c1-2-13-29(14-3-1)30-25-27-31(28-26-30)44-41-24-11-7-17-34(41)35-19-12-23-40-42(35)36-18-6-10-22-39(36)43(40)37-20-8-4-15-32(37)33-16-5-9-21-38(33)43/h1-27,31,44H,28H2. The Bertz CT molecular complexity index is 2090. The fraction of sp³-hybridized carbons (Fsp3) is 0.0698. The minimum absolute atomic E-state index is 0.229. The van der Waals surface area contributed by atoms with Crippen molar-refractivity contribution in [3.8, 4) is 33.4 Å². The minimum atomic E-state index is -0.331. The molecule has 0 heterocycles. The van der Waals surface area contributed by atoms with Gasteiger partial charge < -0.3 is 5.32 Å². The molecule has 6 aromatic rings. The van der Waals surface area contributed by atoms with Gasteiger partial charge >= 0.3 is 0 Å². The van der Waals surface area contributed by atoms with Gasteiger partial charge in [-0.1, -0.05) is 158 Å². The van der Waals surface area contributed by atoms with Gasteiger partial charge in [0.25, 0.3) is 0 Å². The fourth-order valence-electron chi connectivity index (χ4n) is 7.98. The topological polar surface area (TPSA) is 12.0 Å². The SMILES string of the molecule is C1=CC(Nc2ccccc2-c2cccc3c2-c2ccccc2C32c3ccccc3-c3ccccc32)CC=C1c1ccccc1. The third-order valence-corrected chi connectivity index (χ3v) is 9.79. The van der Waals surface area contributed by atoms with Crippen LogP contribution >= 0.6 is 0 Å². The van der Waals surface area contributed by atoms with E-state index in [4.69, 9.17) is 0 Å². The van der Waals surface area contributed by atoms with Gasteiger partial charge in [-0.15, -0.1) is 0 Å². The predicted octanol–water partition coefficient (Wildman–Crippen LogP) is 10.5. The molecule has 0 fully saturated rings. The van der Waals surface area contributed by atoms with Crippen molar-refractivity contribution in [1.29, 1.82) is 0 Å². The lowest BCUT2D eigenvalue weighted by atomic mass is 9.70. The van der Waals surface area contributed by atoms with Gasteiger partial charge in [0.05, 0.1) is 5.41 Å². The zero-order valence-electron chi connectivity index (χ0n) is 24.4. The van der Waals surface area contributed by atoms with E-state index in [9.17, 15) is 0 Å². The van der Waals surface area contributed by atoms with E-state index in [0.717, 1.165) is 12.1 Å². The second-order valence-corrected chi connectivity index (χ2v) is 12.0. The summed E-state index contributed by atoms with van der Waals surface area (Å²) in [5.41, 5.74) is 16.8. The normalized spacial score (nSPS) is 16.5. The molecular weight excluding hydrogens is 530 g/mol. The molecule has 6 aromatic carbocycles. The second-order valence-electron chi connectivity index (χ2n) is 12.0. The number of nitrogens with one attached hydrogen (secondary N) is 1. The van der Waals surface area contributed by atoms with E-state index in [1.54, 1.807) is 0 Å². The Kier molecular flexibility index (Phi) is 5.61. The van der Waals surface area contributed by atoms with E-state index in [-0.39, 0.29) is 11.5 Å². The number of allylic oxidation sites excluding steroid dienone is 2. The molecule has 0 bridgehead atoms. The summed E-state index contributed by atoms with van der Waals surface area (Å²) >= 11 is 0. The molecule has 0 saturated heterocycles.